The lowest BCUT2D eigenvalue weighted by atomic mass is 10.1. The van der Waals surface area contributed by atoms with E-state index in [1.54, 1.807) is 26.0 Å². The summed E-state index contributed by atoms with van der Waals surface area (Å²) >= 11 is 3.29. The number of hydrogen-bond acceptors (Lipinski definition) is 5. The molecule has 28 heavy (non-hydrogen) atoms. The molecule has 0 spiro atoms. The third-order valence-electron chi connectivity index (χ3n) is 4.44. The van der Waals surface area contributed by atoms with Gasteiger partial charge in [0.25, 0.3) is 5.91 Å². The molecule has 0 aliphatic heterocycles. The molecule has 1 heterocycles. The van der Waals surface area contributed by atoms with Crippen LogP contribution in [-0.4, -0.2) is 36.7 Å². The van der Waals surface area contributed by atoms with E-state index in [-0.39, 0.29) is 12.3 Å². The monoisotopic (exact) mass is 416 g/mol. The van der Waals surface area contributed by atoms with Crippen molar-refractivity contribution >= 4 is 39.2 Å². The largest absolute Gasteiger partial charge is 0.497 e. The molecule has 1 aromatic heterocycles. The molecule has 148 valence electrons. The molecule has 0 N–H and O–H groups in total. The minimum atomic E-state index is -0.152. The summed E-state index contributed by atoms with van der Waals surface area (Å²) in [5.41, 5.74) is 3.02. The van der Waals surface area contributed by atoms with E-state index in [4.69, 9.17) is 9.47 Å². The number of ether oxygens (including phenoxy) is 2. The number of benzene rings is 2. The third kappa shape index (κ3) is 4.59. The van der Waals surface area contributed by atoms with Gasteiger partial charge in [0.2, 0.25) is 0 Å². The molecular formula is C21H24N2O3S2. The van der Waals surface area contributed by atoms with E-state index in [1.165, 1.54) is 11.3 Å². The average Bonchev–Trinajstić information content (AvgIpc) is 3.02. The molecule has 0 saturated carbocycles. The van der Waals surface area contributed by atoms with Gasteiger partial charge in [-0.25, -0.2) is 0 Å². The fourth-order valence-corrected chi connectivity index (χ4v) is 4.50. The van der Waals surface area contributed by atoms with Gasteiger partial charge in [0.15, 0.2) is 4.80 Å². The maximum atomic E-state index is 12.6. The Morgan fingerprint density at radius 3 is 2.68 bits per heavy atom. The molecule has 0 bridgehead atoms. The molecule has 3 rings (SSSR count). The van der Waals surface area contributed by atoms with Crippen molar-refractivity contribution in [2.24, 2.45) is 4.99 Å². The first-order chi connectivity index (χ1) is 13.5. The molecule has 7 heteroatoms. The fourth-order valence-electron chi connectivity index (χ4n) is 3.04. The minimum absolute atomic E-state index is 0.152. The number of rotatable bonds is 7. The highest BCUT2D eigenvalue weighted by atomic mass is 32.2. The summed E-state index contributed by atoms with van der Waals surface area (Å²) < 4.78 is 13.8. The number of methoxy groups -OCH3 is 2. The number of thiazole rings is 1. The minimum Gasteiger partial charge on any atom is -0.497 e. The summed E-state index contributed by atoms with van der Waals surface area (Å²) in [6, 6.07) is 11.7. The third-order valence-corrected chi connectivity index (χ3v) is 6.08. The molecule has 2 aromatic carbocycles. The Labute approximate surface area is 173 Å². The van der Waals surface area contributed by atoms with Gasteiger partial charge in [0.1, 0.15) is 11.5 Å². The molecule has 5 nitrogen and oxygen atoms in total. The summed E-state index contributed by atoms with van der Waals surface area (Å²) in [5, 5.41) is 0. The highest BCUT2D eigenvalue weighted by molar-refractivity contribution is 7.98. The Bertz CT molecular complexity index is 1050. The van der Waals surface area contributed by atoms with E-state index in [0.29, 0.717) is 0 Å². The maximum absolute atomic E-state index is 12.6. The van der Waals surface area contributed by atoms with Crippen molar-refractivity contribution < 1.29 is 14.3 Å². The number of aryl methyl sites for hydroxylation is 2. The molecule has 0 aliphatic rings. The first-order valence-corrected chi connectivity index (χ1v) is 11.1. The summed E-state index contributed by atoms with van der Waals surface area (Å²) in [7, 11) is 3.30. The highest BCUT2D eigenvalue weighted by Gasteiger charge is 2.10. The van der Waals surface area contributed by atoms with Gasteiger partial charge in [-0.3, -0.25) is 4.79 Å². The van der Waals surface area contributed by atoms with Gasteiger partial charge in [0, 0.05) is 12.3 Å². The predicted molar refractivity (Wildman–Crippen MR) is 117 cm³/mol. The lowest BCUT2D eigenvalue weighted by molar-refractivity contribution is -0.117. The van der Waals surface area contributed by atoms with E-state index in [0.717, 1.165) is 49.9 Å². The van der Waals surface area contributed by atoms with E-state index in [9.17, 15) is 4.79 Å². The predicted octanol–water partition coefficient (Wildman–Crippen LogP) is 4.06. The van der Waals surface area contributed by atoms with Crippen molar-refractivity contribution in [3.63, 3.8) is 0 Å². The molecule has 0 fully saturated rings. The molecule has 0 saturated heterocycles. The Balaban J connectivity index is 1.94. The smallest absolute Gasteiger partial charge is 0.252 e. The molecule has 1 amide bonds. The van der Waals surface area contributed by atoms with Gasteiger partial charge in [0.05, 0.1) is 30.9 Å². The van der Waals surface area contributed by atoms with Gasteiger partial charge in [-0.15, -0.1) is 0 Å². The van der Waals surface area contributed by atoms with Crippen molar-refractivity contribution in [3.05, 3.63) is 52.3 Å². The number of fused-ring (bicyclic) bond motifs is 1. The van der Waals surface area contributed by atoms with Gasteiger partial charge in [-0.1, -0.05) is 23.5 Å². The van der Waals surface area contributed by atoms with E-state index >= 15 is 0 Å². The Hall–Kier alpha value is -2.25. The normalized spacial score (nSPS) is 11.8. The van der Waals surface area contributed by atoms with Crippen LogP contribution in [0.15, 0.2) is 41.4 Å². The van der Waals surface area contributed by atoms with E-state index in [2.05, 4.69) is 15.8 Å². The SMILES string of the molecule is COc1ccc2c(c1)sc(=NC(=O)Cc1ccc(OC)c(C)c1)n2CCSC. The molecule has 0 radical (unpaired) electrons. The number of thioether (sulfide) groups is 1. The zero-order valence-corrected chi connectivity index (χ0v) is 18.2. The Morgan fingerprint density at radius 2 is 2.00 bits per heavy atom. The topological polar surface area (TPSA) is 52.8 Å². The summed E-state index contributed by atoms with van der Waals surface area (Å²) in [5.74, 6) is 2.43. The van der Waals surface area contributed by atoms with Crippen LogP contribution in [0.3, 0.4) is 0 Å². The molecule has 0 aliphatic carbocycles. The second kappa shape index (κ2) is 9.30. The van der Waals surface area contributed by atoms with Crippen LogP contribution in [0, 0.1) is 6.92 Å². The number of amides is 1. The number of hydrogen-bond donors (Lipinski definition) is 0. The van der Waals surface area contributed by atoms with Gasteiger partial charge >= 0.3 is 0 Å². The van der Waals surface area contributed by atoms with E-state index in [1.807, 2.05) is 43.3 Å². The van der Waals surface area contributed by atoms with Crippen LogP contribution in [0.1, 0.15) is 11.1 Å². The van der Waals surface area contributed by atoms with Gasteiger partial charge < -0.3 is 14.0 Å². The van der Waals surface area contributed by atoms with E-state index < -0.39 is 0 Å². The second-order valence-corrected chi connectivity index (χ2v) is 8.34. The number of aromatic nitrogens is 1. The Kier molecular flexibility index (Phi) is 6.80. The van der Waals surface area contributed by atoms with Crippen LogP contribution < -0.4 is 14.3 Å². The summed E-state index contributed by atoms with van der Waals surface area (Å²) in [6.07, 6.45) is 2.34. The van der Waals surface area contributed by atoms with Crippen LogP contribution >= 0.6 is 23.1 Å². The molecule has 0 atom stereocenters. The van der Waals surface area contributed by atoms with Crippen molar-refractivity contribution in [3.8, 4) is 11.5 Å². The summed E-state index contributed by atoms with van der Waals surface area (Å²) in [6.45, 7) is 2.78. The van der Waals surface area contributed by atoms with Gasteiger partial charge in [-0.05, 0) is 48.6 Å². The lowest BCUT2D eigenvalue weighted by Crippen LogP contribution is -2.18. The maximum Gasteiger partial charge on any atom is 0.252 e. The quantitative estimate of drug-likeness (QED) is 0.583. The van der Waals surface area contributed by atoms with Crippen LogP contribution in [-0.2, 0) is 17.8 Å². The Morgan fingerprint density at radius 1 is 1.18 bits per heavy atom. The van der Waals surface area contributed by atoms with Crippen LogP contribution in [0.5, 0.6) is 11.5 Å². The van der Waals surface area contributed by atoms with Crippen molar-refractivity contribution in [1.82, 2.24) is 4.57 Å². The molecule has 3 aromatic rings. The van der Waals surface area contributed by atoms with Crippen LogP contribution in [0.2, 0.25) is 0 Å². The average molecular weight is 417 g/mol. The summed E-state index contributed by atoms with van der Waals surface area (Å²) in [4.78, 5) is 17.8. The lowest BCUT2D eigenvalue weighted by Gasteiger charge is -2.06. The van der Waals surface area contributed by atoms with Crippen LogP contribution in [0.4, 0.5) is 0 Å². The van der Waals surface area contributed by atoms with Crippen molar-refractivity contribution in [2.75, 3.05) is 26.2 Å². The number of carbonyl (C=O) groups is 1. The van der Waals surface area contributed by atoms with Gasteiger partial charge in [-0.2, -0.15) is 16.8 Å². The zero-order chi connectivity index (χ0) is 20.1. The first kappa shape index (κ1) is 20.5. The highest BCUT2D eigenvalue weighted by Crippen LogP contribution is 2.23. The first-order valence-electron chi connectivity index (χ1n) is 8.93. The van der Waals surface area contributed by atoms with Crippen molar-refractivity contribution in [2.45, 2.75) is 19.9 Å². The number of carbonyl (C=O) groups excluding carboxylic acids is 1. The molecular weight excluding hydrogens is 392 g/mol. The fraction of sp³-hybridized carbons (Fsp3) is 0.333. The second-order valence-electron chi connectivity index (χ2n) is 6.35. The molecule has 0 unspecified atom stereocenters. The standard InChI is InChI=1S/C21H24N2O3S2/c1-14-11-15(5-8-18(14)26-3)12-20(24)22-21-23(9-10-27-4)17-7-6-16(25-2)13-19(17)28-21/h5-8,11,13H,9-10,12H2,1-4H3. The van der Waals surface area contributed by atoms with Crippen molar-refractivity contribution in [1.29, 1.82) is 0 Å². The zero-order valence-electron chi connectivity index (χ0n) is 16.5. The number of nitrogens with zero attached hydrogens (tertiary/aromatic N) is 2. The van der Waals surface area contributed by atoms with Crippen LogP contribution in [0.25, 0.3) is 10.2 Å².